The molecule has 1 atom stereocenters. The van der Waals surface area contributed by atoms with E-state index < -0.39 is 12.0 Å². The highest BCUT2D eigenvalue weighted by atomic mass is 16.4. The SMILES string of the molecule is NC(N)=NCCC[C@H](N)C(=O)O.NC1CCCCC1. The summed E-state index contributed by atoms with van der Waals surface area (Å²) in [4.78, 5) is 13.9. The van der Waals surface area contributed by atoms with Crippen LogP contribution in [-0.2, 0) is 4.79 Å². The highest BCUT2D eigenvalue weighted by Gasteiger charge is 2.09. The van der Waals surface area contributed by atoms with Crippen molar-refractivity contribution in [1.29, 1.82) is 0 Å². The lowest BCUT2D eigenvalue weighted by Gasteiger charge is -2.15. The Morgan fingerprint density at radius 3 is 2.21 bits per heavy atom. The third-order valence-electron chi connectivity index (χ3n) is 2.93. The number of carbonyl (C=O) groups is 1. The van der Waals surface area contributed by atoms with E-state index >= 15 is 0 Å². The molecule has 1 rings (SSSR count). The molecule has 0 saturated heterocycles. The first-order valence-corrected chi connectivity index (χ1v) is 6.73. The van der Waals surface area contributed by atoms with E-state index in [1.807, 2.05) is 0 Å². The average molecular weight is 273 g/mol. The second-order valence-electron chi connectivity index (χ2n) is 4.79. The zero-order valence-corrected chi connectivity index (χ0v) is 11.4. The van der Waals surface area contributed by atoms with Crippen LogP contribution in [0.2, 0.25) is 0 Å². The molecule has 1 fully saturated rings. The molecule has 0 aromatic rings. The van der Waals surface area contributed by atoms with Gasteiger partial charge in [-0.3, -0.25) is 9.79 Å². The minimum absolute atomic E-state index is 0.0129. The Kier molecular flexibility index (Phi) is 9.82. The third-order valence-corrected chi connectivity index (χ3v) is 2.93. The van der Waals surface area contributed by atoms with Crippen molar-refractivity contribution in [3.63, 3.8) is 0 Å². The van der Waals surface area contributed by atoms with Crippen molar-refractivity contribution in [2.24, 2.45) is 27.9 Å². The second kappa shape index (κ2) is 10.6. The van der Waals surface area contributed by atoms with Crippen molar-refractivity contribution >= 4 is 11.9 Å². The number of carboxylic acid groups (broad SMARTS) is 1. The topological polar surface area (TPSA) is 154 Å². The van der Waals surface area contributed by atoms with E-state index in [9.17, 15) is 4.79 Å². The van der Waals surface area contributed by atoms with Crippen molar-refractivity contribution in [3.05, 3.63) is 0 Å². The van der Waals surface area contributed by atoms with Gasteiger partial charge in [-0.2, -0.15) is 0 Å². The summed E-state index contributed by atoms with van der Waals surface area (Å²) in [7, 11) is 0. The van der Waals surface area contributed by atoms with Gasteiger partial charge in [0.05, 0.1) is 0 Å². The van der Waals surface area contributed by atoms with Crippen molar-refractivity contribution in [2.75, 3.05) is 6.54 Å². The van der Waals surface area contributed by atoms with Gasteiger partial charge in [-0.15, -0.1) is 0 Å². The summed E-state index contributed by atoms with van der Waals surface area (Å²) in [5.74, 6) is -0.987. The minimum atomic E-state index is -1.00. The normalized spacial score (nSPS) is 16.9. The molecule has 0 spiro atoms. The van der Waals surface area contributed by atoms with Crippen molar-refractivity contribution in [1.82, 2.24) is 0 Å². The smallest absolute Gasteiger partial charge is 0.320 e. The maximum Gasteiger partial charge on any atom is 0.320 e. The Balaban J connectivity index is 0.000000388. The van der Waals surface area contributed by atoms with E-state index in [4.69, 9.17) is 28.0 Å². The summed E-state index contributed by atoms with van der Waals surface area (Å²) in [6.07, 6.45) is 7.62. The van der Waals surface area contributed by atoms with Crippen molar-refractivity contribution in [2.45, 2.75) is 57.0 Å². The molecule has 7 nitrogen and oxygen atoms in total. The molecule has 0 aromatic heterocycles. The molecule has 7 heteroatoms. The maximum atomic E-state index is 10.2. The number of aliphatic imine (C=N–C) groups is 1. The fourth-order valence-electron chi connectivity index (χ4n) is 1.78. The lowest BCUT2D eigenvalue weighted by molar-refractivity contribution is -0.138. The van der Waals surface area contributed by atoms with Gasteiger partial charge < -0.3 is 28.0 Å². The number of aliphatic carboxylic acids is 1. The van der Waals surface area contributed by atoms with Gasteiger partial charge in [-0.05, 0) is 25.7 Å². The van der Waals surface area contributed by atoms with E-state index in [1.165, 1.54) is 32.1 Å². The van der Waals surface area contributed by atoms with Gasteiger partial charge in [-0.1, -0.05) is 19.3 Å². The molecule has 0 heterocycles. The van der Waals surface area contributed by atoms with E-state index in [0.29, 0.717) is 25.4 Å². The number of hydrogen-bond donors (Lipinski definition) is 5. The van der Waals surface area contributed by atoms with E-state index in [2.05, 4.69) is 4.99 Å². The van der Waals surface area contributed by atoms with Crippen LogP contribution >= 0.6 is 0 Å². The van der Waals surface area contributed by atoms with E-state index in [1.54, 1.807) is 0 Å². The molecule has 0 aromatic carbocycles. The standard InChI is InChI=1S/C6H14N4O2.C6H13N/c7-4(5(11)12)2-1-3-10-6(8)9;7-6-4-2-1-3-5-6/h4H,1-3,7H2,(H,11,12)(H4,8,9,10);6H,1-5,7H2/t4-;/m0./s1. The summed E-state index contributed by atoms with van der Waals surface area (Å²) >= 11 is 0. The molecule has 19 heavy (non-hydrogen) atoms. The molecule has 0 unspecified atom stereocenters. The predicted molar refractivity (Wildman–Crippen MR) is 76.6 cm³/mol. The third kappa shape index (κ3) is 11.5. The van der Waals surface area contributed by atoms with Crippen molar-refractivity contribution < 1.29 is 9.90 Å². The fourth-order valence-corrected chi connectivity index (χ4v) is 1.78. The molecule has 0 aliphatic heterocycles. The Hall–Kier alpha value is -1.34. The Labute approximate surface area is 114 Å². The summed E-state index contributed by atoms with van der Waals surface area (Å²) in [5, 5.41) is 8.38. The van der Waals surface area contributed by atoms with Gasteiger partial charge in [0, 0.05) is 12.6 Å². The van der Waals surface area contributed by atoms with Gasteiger partial charge in [0.1, 0.15) is 6.04 Å². The van der Waals surface area contributed by atoms with Crippen LogP contribution in [0.4, 0.5) is 0 Å². The number of carboxylic acids is 1. The number of nitrogens with two attached hydrogens (primary N) is 4. The van der Waals surface area contributed by atoms with Crippen LogP contribution in [0.15, 0.2) is 4.99 Å². The highest BCUT2D eigenvalue weighted by molar-refractivity contribution is 5.75. The fraction of sp³-hybridized carbons (Fsp3) is 0.833. The van der Waals surface area contributed by atoms with Crippen LogP contribution in [0, 0.1) is 0 Å². The highest BCUT2D eigenvalue weighted by Crippen LogP contribution is 2.14. The van der Waals surface area contributed by atoms with Gasteiger partial charge in [0.2, 0.25) is 0 Å². The zero-order chi connectivity index (χ0) is 14.7. The quantitative estimate of drug-likeness (QED) is 0.264. The van der Waals surface area contributed by atoms with Gasteiger partial charge in [0.15, 0.2) is 5.96 Å². The van der Waals surface area contributed by atoms with E-state index in [-0.39, 0.29) is 5.96 Å². The Bertz CT molecular complexity index is 273. The Morgan fingerprint density at radius 1 is 1.26 bits per heavy atom. The largest absolute Gasteiger partial charge is 0.480 e. The number of hydrogen-bond acceptors (Lipinski definition) is 4. The van der Waals surface area contributed by atoms with E-state index in [0.717, 1.165) is 0 Å². The number of nitrogens with zero attached hydrogens (tertiary/aromatic N) is 1. The van der Waals surface area contributed by atoms with Crippen LogP contribution in [0.3, 0.4) is 0 Å². The lowest BCUT2D eigenvalue weighted by Crippen LogP contribution is -2.30. The molecule has 1 aliphatic carbocycles. The summed E-state index contributed by atoms with van der Waals surface area (Å²) < 4.78 is 0. The Morgan fingerprint density at radius 2 is 1.84 bits per heavy atom. The summed E-state index contributed by atoms with van der Waals surface area (Å²) in [5.41, 5.74) is 21.0. The molecular weight excluding hydrogens is 246 g/mol. The molecule has 0 bridgehead atoms. The molecular formula is C12H27N5O2. The second-order valence-corrected chi connectivity index (χ2v) is 4.79. The molecule has 0 amide bonds. The van der Waals surface area contributed by atoms with Crippen LogP contribution in [0.25, 0.3) is 0 Å². The van der Waals surface area contributed by atoms with Crippen LogP contribution in [-0.4, -0.2) is 35.7 Å². The molecule has 1 saturated carbocycles. The minimum Gasteiger partial charge on any atom is -0.480 e. The first-order chi connectivity index (χ1) is 8.93. The monoisotopic (exact) mass is 273 g/mol. The number of guanidine groups is 1. The molecule has 1 aliphatic rings. The van der Waals surface area contributed by atoms with Gasteiger partial charge in [-0.25, -0.2) is 0 Å². The van der Waals surface area contributed by atoms with Crippen molar-refractivity contribution in [3.8, 4) is 0 Å². The lowest BCUT2D eigenvalue weighted by atomic mass is 9.97. The molecule has 9 N–H and O–H groups in total. The predicted octanol–water partition coefficient (Wildman–Crippen LogP) is -0.270. The average Bonchev–Trinajstić information content (AvgIpc) is 2.35. The van der Waals surface area contributed by atoms with Crippen LogP contribution in [0.1, 0.15) is 44.9 Å². The zero-order valence-electron chi connectivity index (χ0n) is 11.4. The number of rotatable bonds is 5. The van der Waals surface area contributed by atoms with Crippen LogP contribution in [0.5, 0.6) is 0 Å². The summed E-state index contributed by atoms with van der Waals surface area (Å²) in [6, 6.07) is -0.284. The molecule has 112 valence electrons. The summed E-state index contributed by atoms with van der Waals surface area (Å²) in [6.45, 7) is 0.420. The van der Waals surface area contributed by atoms with Gasteiger partial charge in [0.25, 0.3) is 0 Å². The first-order valence-electron chi connectivity index (χ1n) is 6.73. The first kappa shape index (κ1) is 17.7. The van der Waals surface area contributed by atoms with Crippen LogP contribution < -0.4 is 22.9 Å². The maximum absolute atomic E-state index is 10.2. The van der Waals surface area contributed by atoms with Gasteiger partial charge >= 0.3 is 5.97 Å². The molecule has 0 radical (unpaired) electrons.